The number of benzene rings is 2. The van der Waals surface area contributed by atoms with E-state index in [0.717, 1.165) is 4.47 Å². The lowest BCUT2D eigenvalue weighted by atomic mass is 9.94. The average molecular weight is 518 g/mol. The van der Waals surface area contributed by atoms with Crippen molar-refractivity contribution in [1.29, 1.82) is 0 Å². The molecule has 0 spiro atoms. The summed E-state index contributed by atoms with van der Waals surface area (Å²) in [4.78, 5) is 27.7. The Labute approximate surface area is 202 Å². The second-order valence-electron chi connectivity index (χ2n) is 7.88. The van der Waals surface area contributed by atoms with Crippen LogP contribution in [-0.2, 0) is 14.3 Å². The number of ether oxygens (including phenoxy) is 3. The molecule has 0 radical (unpaired) electrons. The van der Waals surface area contributed by atoms with E-state index >= 15 is 0 Å². The first-order valence-corrected chi connectivity index (χ1v) is 11.5. The molecule has 1 aliphatic heterocycles. The molecule has 1 aliphatic rings. The fourth-order valence-corrected chi connectivity index (χ4v) is 4.06. The lowest BCUT2D eigenvalue weighted by Crippen LogP contribution is -2.31. The molecule has 1 amide bonds. The second-order valence-corrected chi connectivity index (χ2v) is 8.80. The molecular formula is C25H28BrNO6. The van der Waals surface area contributed by atoms with Crippen LogP contribution in [0.15, 0.2) is 52.5 Å². The van der Waals surface area contributed by atoms with Crippen LogP contribution in [0.1, 0.15) is 37.4 Å². The number of likely N-dealkylation sites (tertiary alicyclic amines) is 1. The third-order valence-corrected chi connectivity index (χ3v) is 5.92. The molecule has 7 nitrogen and oxygen atoms in total. The number of hydrogen-bond acceptors (Lipinski definition) is 6. The van der Waals surface area contributed by atoms with E-state index in [0.29, 0.717) is 35.7 Å². The van der Waals surface area contributed by atoms with E-state index in [2.05, 4.69) is 15.9 Å². The third-order valence-electron chi connectivity index (χ3n) is 5.39. The molecule has 1 heterocycles. The SMILES string of the molecule is COc1ccc([C@H]2C(=C(O)c3ccc(Br)cc3)C(=O)C(=O)N2CCCOC(C)C)c(OC)c1. The number of aliphatic hydroxyl groups is 1. The molecule has 2 aromatic rings. The summed E-state index contributed by atoms with van der Waals surface area (Å²) in [5.41, 5.74) is 1.05. The fourth-order valence-electron chi connectivity index (χ4n) is 3.80. The summed E-state index contributed by atoms with van der Waals surface area (Å²) >= 11 is 3.37. The molecule has 1 fully saturated rings. The summed E-state index contributed by atoms with van der Waals surface area (Å²) in [6.07, 6.45) is 0.605. The van der Waals surface area contributed by atoms with Crippen molar-refractivity contribution in [2.24, 2.45) is 0 Å². The van der Waals surface area contributed by atoms with Gasteiger partial charge >= 0.3 is 0 Å². The highest BCUT2D eigenvalue weighted by Gasteiger charge is 2.46. The van der Waals surface area contributed by atoms with Crippen molar-refractivity contribution >= 4 is 33.4 Å². The van der Waals surface area contributed by atoms with Gasteiger partial charge in [-0.05, 0) is 44.5 Å². The predicted octanol–water partition coefficient (Wildman–Crippen LogP) is 4.70. The smallest absolute Gasteiger partial charge is 0.295 e. The molecule has 0 bridgehead atoms. The summed E-state index contributed by atoms with van der Waals surface area (Å²) in [7, 11) is 3.05. The summed E-state index contributed by atoms with van der Waals surface area (Å²) in [6.45, 7) is 4.60. The van der Waals surface area contributed by atoms with Crippen LogP contribution in [0.5, 0.6) is 11.5 Å². The highest BCUT2D eigenvalue weighted by atomic mass is 79.9. The van der Waals surface area contributed by atoms with Gasteiger partial charge in [-0.15, -0.1) is 0 Å². The van der Waals surface area contributed by atoms with Crippen LogP contribution in [0.3, 0.4) is 0 Å². The van der Waals surface area contributed by atoms with E-state index in [1.807, 2.05) is 13.8 Å². The maximum absolute atomic E-state index is 13.1. The fraction of sp³-hybridized carbons (Fsp3) is 0.360. The quantitative estimate of drug-likeness (QED) is 0.224. The number of rotatable bonds is 9. The molecule has 33 heavy (non-hydrogen) atoms. The van der Waals surface area contributed by atoms with Gasteiger partial charge in [0.25, 0.3) is 11.7 Å². The number of methoxy groups -OCH3 is 2. The van der Waals surface area contributed by atoms with E-state index in [-0.39, 0.29) is 24.0 Å². The number of ketones is 1. The highest BCUT2D eigenvalue weighted by molar-refractivity contribution is 9.10. The summed E-state index contributed by atoms with van der Waals surface area (Å²) in [6, 6.07) is 11.3. The Morgan fingerprint density at radius 2 is 1.79 bits per heavy atom. The molecule has 0 aromatic heterocycles. The third kappa shape index (κ3) is 5.39. The van der Waals surface area contributed by atoms with E-state index in [4.69, 9.17) is 14.2 Å². The maximum atomic E-state index is 13.1. The minimum Gasteiger partial charge on any atom is -0.507 e. The number of amides is 1. The number of carbonyl (C=O) groups is 2. The van der Waals surface area contributed by atoms with Crippen molar-refractivity contribution < 1.29 is 28.9 Å². The second kappa shape index (κ2) is 10.9. The van der Waals surface area contributed by atoms with Gasteiger partial charge < -0.3 is 24.2 Å². The average Bonchev–Trinajstić information content (AvgIpc) is 3.06. The molecular weight excluding hydrogens is 490 g/mol. The Morgan fingerprint density at radius 3 is 2.39 bits per heavy atom. The Balaban J connectivity index is 2.11. The van der Waals surface area contributed by atoms with Gasteiger partial charge in [0.15, 0.2) is 0 Å². The molecule has 0 unspecified atom stereocenters. The first-order valence-electron chi connectivity index (χ1n) is 10.7. The monoisotopic (exact) mass is 517 g/mol. The van der Waals surface area contributed by atoms with Crippen molar-refractivity contribution in [1.82, 2.24) is 4.90 Å². The van der Waals surface area contributed by atoms with Gasteiger partial charge in [0, 0.05) is 34.8 Å². The van der Waals surface area contributed by atoms with Crippen LogP contribution in [0.25, 0.3) is 5.76 Å². The zero-order valence-electron chi connectivity index (χ0n) is 19.1. The van der Waals surface area contributed by atoms with E-state index in [1.165, 1.54) is 12.0 Å². The molecule has 0 saturated carbocycles. The Hall–Kier alpha value is -2.84. The lowest BCUT2D eigenvalue weighted by molar-refractivity contribution is -0.140. The van der Waals surface area contributed by atoms with Crippen molar-refractivity contribution in [2.75, 3.05) is 27.4 Å². The minimum atomic E-state index is -0.812. The predicted molar refractivity (Wildman–Crippen MR) is 128 cm³/mol. The van der Waals surface area contributed by atoms with Gasteiger partial charge in [-0.2, -0.15) is 0 Å². The molecule has 176 valence electrons. The first-order chi connectivity index (χ1) is 15.8. The van der Waals surface area contributed by atoms with E-state index in [1.54, 1.807) is 49.6 Å². The van der Waals surface area contributed by atoms with Crippen LogP contribution < -0.4 is 9.47 Å². The topological polar surface area (TPSA) is 85.3 Å². The van der Waals surface area contributed by atoms with Crippen LogP contribution in [0.2, 0.25) is 0 Å². The van der Waals surface area contributed by atoms with E-state index in [9.17, 15) is 14.7 Å². The number of carbonyl (C=O) groups excluding carboxylic acids is 2. The Morgan fingerprint density at radius 1 is 1.09 bits per heavy atom. The molecule has 8 heteroatoms. The van der Waals surface area contributed by atoms with Gasteiger partial charge in [0.1, 0.15) is 17.3 Å². The van der Waals surface area contributed by atoms with Gasteiger partial charge in [-0.25, -0.2) is 0 Å². The lowest BCUT2D eigenvalue weighted by Gasteiger charge is -2.27. The summed E-state index contributed by atoms with van der Waals surface area (Å²) in [5, 5.41) is 11.1. The van der Waals surface area contributed by atoms with Crippen molar-refractivity contribution in [2.45, 2.75) is 32.4 Å². The van der Waals surface area contributed by atoms with Crippen LogP contribution in [-0.4, -0.2) is 55.2 Å². The van der Waals surface area contributed by atoms with Gasteiger partial charge in [0.05, 0.1) is 31.9 Å². The zero-order chi connectivity index (χ0) is 24.1. The highest BCUT2D eigenvalue weighted by Crippen LogP contribution is 2.43. The van der Waals surface area contributed by atoms with Crippen molar-refractivity contribution in [3.05, 3.63) is 63.6 Å². The number of halogens is 1. The number of nitrogens with zero attached hydrogens (tertiary/aromatic N) is 1. The zero-order valence-corrected chi connectivity index (χ0v) is 20.7. The Bertz CT molecular complexity index is 1050. The molecule has 1 atom stereocenters. The molecule has 2 aromatic carbocycles. The molecule has 1 saturated heterocycles. The normalized spacial score (nSPS) is 17.6. The minimum absolute atomic E-state index is 0.0237. The number of aliphatic hydroxyl groups excluding tert-OH is 1. The Kier molecular flexibility index (Phi) is 8.15. The molecule has 3 rings (SSSR count). The van der Waals surface area contributed by atoms with Gasteiger partial charge in [-0.3, -0.25) is 9.59 Å². The number of Topliss-reactive ketones (excluding diaryl/α,β-unsaturated/α-hetero) is 1. The summed E-state index contributed by atoms with van der Waals surface area (Å²) in [5.74, 6) is -0.606. The van der Waals surface area contributed by atoms with Crippen molar-refractivity contribution in [3.63, 3.8) is 0 Å². The molecule has 0 aliphatic carbocycles. The van der Waals surface area contributed by atoms with Crippen LogP contribution in [0.4, 0.5) is 0 Å². The van der Waals surface area contributed by atoms with E-state index < -0.39 is 17.7 Å². The van der Waals surface area contributed by atoms with Crippen LogP contribution in [0, 0.1) is 0 Å². The van der Waals surface area contributed by atoms with Crippen LogP contribution >= 0.6 is 15.9 Å². The first kappa shape index (κ1) is 24.8. The summed E-state index contributed by atoms with van der Waals surface area (Å²) < 4.78 is 17.3. The van der Waals surface area contributed by atoms with Gasteiger partial charge in [-0.1, -0.05) is 28.1 Å². The maximum Gasteiger partial charge on any atom is 0.295 e. The van der Waals surface area contributed by atoms with Crippen molar-refractivity contribution in [3.8, 4) is 11.5 Å². The molecule has 1 N–H and O–H groups in total. The largest absolute Gasteiger partial charge is 0.507 e. The standard InChI is InChI=1S/C25H28BrNO6/c1-15(2)33-13-5-12-27-22(19-11-10-18(31-3)14-20(19)32-4)21(24(29)25(27)30)23(28)16-6-8-17(26)9-7-16/h6-11,14-15,22,28H,5,12-13H2,1-4H3/t22-/m0/s1. The number of hydrogen-bond donors (Lipinski definition) is 1. The van der Waals surface area contributed by atoms with Gasteiger partial charge in [0.2, 0.25) is 0 Å².